The van der Waals surface area contributed by atoms with Gasteiger partial charge < -0.3 is 9.80 Å². The number of hydrogen-bond acceptors (Lipinski definition) is 4. The fraction of sp³-hybridized carbons (Fsp3) is 0.421. The second-order valence-corrected chi connectivity index (χ2v) is 6.05. The van der Waals surface area contributed by atoms with Gasteiger partial charge in [0.15, 0.2) is 0 Å². The Balaban J connectivity index is 1.84. The van der Waals surface area contributed by atoms with E-state index in [1.54, 1.807) is 0 Å². The molecule has 0 N–H and O–H groups in total. The third-order valence-corrected chi connectivity index (χ3v) is 4.43. The zero-order valence-corrected chi connectivity index (χ0v) is 14.2. The van der Waals surface area contributed by atoms with Gasteiger partial charge in [0.2, 0.25) is 0 Å². The number of para-hydroxylation sites is 1. The monoisotopic (exact) mass is 324 g/mol. The molecule has 0 radical (unpaired) electrons. The van der Waals surface area contributed by atoms with Gasteiger partial charge in [0.1, 0.15) is 17.8 Å². The third kappa shape index (κ3) is 3.72. The molecule has 126 valence electrons. The fourth-order valence-electron chi connectivity index (χ4n) is 3.13. The molecule has 1 amide bonds. The summed E-state index contributed by atoms with van der Waals surface area (Å²) in [5.74, 6) is 0.779. The molecule has 2 aromatic rings. The van der Waals surface area contributed by atoms with Gasteiger partial charge >= 0.3 is 0 Å². The Kier molecular flexibility index (Phi) is 5.41. The van der Waals surface area contributed by atoms with Crippen molar-refractivity contribution >= 4 is 17.4 Å². The van der Waals surface area contributed by atoms with Gasteiger partial charge in [-0.1, -0.05) is 31.0 Å². The second kappa shape index (κ2) is 7.90. The second-order valence-electron chi connectivity index (χ2n) is 6.05. The number of amides is 1. The van der Waals surface area contributed by atoms with Gasteiger partial charge in [-0.05, 0) is 31.9 Å². The first-order chi connectivity index (χ1) is 11.8. The van der Waals surface area contributed by atoms with Gasteiger partial charge in [-0.25, -0.2) is 9.97 Å². The number of carbonyl (C=O) groups excluding carboxylic acids is 1. The molecule has 0 atom stereocenters. The van der Waals surface area contributed by atoms with Gasteiger partial charge in [0, 0.05) is 31.4 Å². The lowest BCUT2D eigenvalue weighted by molar-refractivity contribution is 0.0755. The molecule has 5 nitrogen and oxygen atoms in total. The van der Waals surface area contributed by atoms with Crippen molar-refractivity contribution in [1.82, 2.24) is 14.9 Å². The van der Waals surface area contributed by atoms with Crippen molar-refractivity contribution in [2.45, 2.75) is 32.6 Å². The van der Waals surface area contributed by atoms with Crippen LogP contribution in [-0.2, 0) is 0 Å². The quantitative estimate of drug-likeness (QED) is 0.861. The molecule has 0 saturated carbocycles. The molecule has 5 heteroatoms. The molecule has 24 heavy (non-hydrogen) atoms. The van der Waals surface area contributed by atoms with Crippen molar-refractivity contribution in [2.24, 2.45) is 0 Å². The highest BCUT2D eigenvalue weighted by Gasteiger charge is 2.20. The van der Waals surface area contributed by atoms with E-state index in [9.17, 15) is 4.79 Å². The van der Waals surface area contributed by atoms with Gasteiger partial charge in [-0.2, -0.15) is 0 Å². The summed E-state index contributed by atoms with van der Waals surface area (Å²) in [4.78, 5) is 25.4. The minimum Gasteiger partial charge on any atom is -0.337 e. The zero-order valence-electron chi connectivity index (χ0n) is 14.2. The number of likely N-dealkylation sites (tertiary alicyclic amines) is 1. The molecule has 2 heterocycles. The Hall–Kier alpha value is -2.43. The highest BCUT2D eigenvalue weighted by Crippen LogP contribution is 2.23. The number of anilines is 2. The zero-order chi connectivity index (χ0) is 16.8. The summed E-state index contributed by atoms with van der Waals surface area (Å²) in [6, 6.07) is 11.9. The predicted octanol–water partition coefficient (Wildman–Crippen LogP) is 3.65. The van der Waals surface area contributed by atoms with Crippen LogP contribution in [-0.4, -0.2) is 40.4 Å². The number of nitrogens with zero attached hydrogens (tertiary/aromatic N) is 4. The van der Waals surface area contributed by atoms with Crippen LogP contribution in [0.4, 0.5) is 11.5 Å². The van der Waals surface area contributed by atoms with E-state index >= 15 is 0 Å². The highest BCUT2D eigenvalue weighted by molar-refractivity contribution is 5.93. The molecule has 0 aliphatic carbocycles. The van der Waals surface area contributed by atoms with Crippen molar-refractivity contribution in [3.05, 3.63) is 48.4 Å². The Bertz CT molecular complexity index is 666. The highest BCUT2D eigenvalue weighted by atomic mass is 16.2. The number of aromatic nitrogens is 2. The SMILES string of the molecule is CCN(c1ccccc1)c1cc(C(=O)N2CCCCCC2)ncn1. The minimum absolute atomic E-state index is 0.0182. The average molecular weight is 324 g/mol. The predicted molar refractivity (Wildman–Crippen MR) is 95.5 cm³/mol. The molecule has 0 spiro atoms. The Labute approximate surface area is 143 Å². The van der Waals surface area contributed by atoms with Crippen LogP contribution >= 0.6 is 0 Å². The Morgan fingerprint density at radius 2 is 1.79 bits per heavy atom. The fourth-order valence-corrected chi connectivity index (χ4v) is 3.13. The largest absolute Gasteiger partial charge is 0.337 e. The molecule has 0 unspecified atom stereocenters. The van der Waals surface area contributed by atoms with E-state index in [0.29, 0.717) is 5.69 Å². The Morgan fingerprint density at radius 1 is 1.08 bits per heavy atom. The summed E-state index contributed by atoms with van der Waals surface area (Å²) < 4.78 is 0. The molecule has 1 aromatic heterocycles. The van der Waals surface area contributed by atoms with Crippen LogP contribution < -0.4 is 4.90 Å². The van der Waals surface area contributed by atoms with Crippen molar-refractivity contribution in [1.29, 1.82) is 0 Å². The number of hydrogen-bond donors (Lipinski definition) is 0. The minimum atomic E-state index is 0.0182. The maximum atomic E-state index is 12.8. The van der Waals surface area contributed by atoms with Crippen molar-refractivity contribution < 1.29 is 4.79 Å². The van der Waals surface area contributed by atoms with Gasteiger partial charge in [0.25, 0.3) is 5.91 Å². The van der Waals surface area contributed by atoms with Crippen LogP contribution in [0.3, 0.4) is 0 Å². The molecule has 3 rings (SSSR count). The summed E-state index contributed by atoms with van der Waals surface area (Å²) in [7, 11) is 0. The summed E-state index contributed by atoms with van der Waals surface area (Å²) in [5, 5.41) is 0. The first-order valence-corrected chi connectivity index (χ1v) is 8.73. The topological polar surface area (TPSA) is 49.3 Å². The summed E-state index contributed by atoms with van der Waals surface area (Å²) in [6.07, 6.45) is 6.06. The van der Waals surface area contributed by atoms with Crippen LogP contribution in [0.5, 0.6) is 0 Å². The number of benzene rings is 1. The van der Waals surface area contributed by atoms with Gasteiger partial charge in [-0.15, -0.1) is 0 Å². The van der Waals surface area contributed by atoms with E-state index in [4.69, 9.17) is 0 Å². The Morgan fingerprint density at radius 3 is 2.46 bits per heavy atom. The summed E-state index contributed by atoms with van der Waals surface area (Å²) in [6.45, 7) is 4.51. The normalized spacial score (nSPS) is 15.0. The van der Waals surface area contributed by atoms with E-state index in [2.05, 4.69) is 21.8 Å². The maximum absolute atomic E-state index is 12.8. The smallest absolute Gasteiger partial charge is 0.272 e. The van der Waals surface area contributed by atoms with Crippen LogP contribution in [0.1, 0.15) is 43.1 Å². The third-order valence-electron chi connectivity index (χ3n) is 4.43. The molecular weight excluding hydrogens is 300 g/mol. The first-order valence-electron chi connectivity index (χ1n) is 8.73. The molecule has 1 aliphatic heterocycles. The van der Waals surface area contributed by atoms with E-state index in [1.807, 2.05) is 41.3 Å². The van der Waals surface area contributed by atoms with E-state index in [-0.39, 0.29) is 5.91 Å². The van der Waals surface area contributed by atoms with Crippen molar-refractivity contribution in [2.75, 3.05) is 24.5 Å². The molecular formula is C19H24N4O. The van der Waals surface area contributed by atoms with Gasteiger partial charge in [-0.3, -0.25) is 4.79 Å². The van der Waals surface area contributed by atoms with Crippen LogP contribution in [0.15, 0.2) is 42.7 Å². The van der Waals surface area contributed by atoms with Crippen molar-refractivity contribution in [3.8, 4) is 0 Å². The van der Waals surface area contributed by atoms with Crippen LogP contribution in [0.2, 0.25) is 0 Å². The van der Waals surface area contributed by atoms with Gasteiger partial charge in [0.05, 0.1) is 0 Å². The molecule has 1 fully saturated rings. The maximum Gasteiger partial charge on any atom is 0.272 e. The van der Waals surface area contributed by atoms with Crippen LogP contribution in [0, 0.1) is 0 Å². The van der Waals surface area contributed by atoms with E-state index in [1.165, 1.54) is 19.2 Å². The molecule has 0 bridgehead atoms. The molecule has 1 aliphatic rings. The summed E-state index contributed by atoms with van der Waals surface area (Å²) in [5.41, 5.74) is 1.54. The lowest BCUT2D eigenvalue weighted by Crippen LogP contribution is -2.32. The van der Waals surface area contributed by atoms with E-state index < -0.39 is 0 Å². The number of carbonyl (C=O) groups is 1. The standard InChI is InChI=1S/C19H24N4O/c1-2-23(16-10-6-5-7-11-16)18-14-17(20-15-21-18)19(24)22-12-8-3-4-9-13-22/h5-7,10-11,14-15H,2-4,8-9,12-13H2,1H3. The van der Waals surface area contributed by atoms with Crippen LogP contribution in [0.25, 0.3) is 0 Å². The lowest BCUT2D eigenvalue weighted by Gasteiger charge is -2.23. The first kappa shape index (κ1) is 16.4. The van der Waals surface area contributed by atoms with Crippen molar-refractivity contribution in [3.63, 3.8) is 0 Å². The number of rotatable bonds is 4. The lowest BCUT2D eigenvalue weighted by atomic mass is 10.2. The van der Waals surface area contributed by atoms with E-state index in [0.717, 1.165) is 44.0 Å². The molecule has 1 aromatic carbocycles. The average Bonchev–Trinajstić information content (AvgIpc) is 2.92. The molecule has 1 saturated heterocycles. The summed E-state index contributed by atoms with van der Waals surface area (Å²) >= 11 is 0.